The Balaban J connectivity index is 2.59. The van der Waals surface area contributed by atoms with Crippen molar-refractivity contribution in [2.24, 2.45) is 0 Å². The number of alkyl halides is 2. The smallest absolute Gasteiger partial charge is 0.263 e. The van der Waals surface area contributed by atoms with Crippen molar-refractivity contribution < 1.29 is 13.6 Å². The highest BCUT2D eigenvalue weighted by molar-refractivity contribution is 5.49. The van der Waals surface area contributed by atoms with Gasteiger partial charge in [0.1, 0.15) is 6.29 Å². The van der Waals surface area contributed by atoms with E-state index < -0.39 is 6.43 Å². The molecular weight excluding hydrogens is 186 g/mol. The molecule has 14 heavy (non-hydrogen) atoms. The number of carbonyl (C=O) groups excluding carboxylic acids is 1. The summed E-state index contributed by atoms with van der Waals surface area (Å²) in [5.41, 5.74) is 0.915. The van der Waals surface area contributed by atoms with Crippen LogP contribution >= 0.6 is 0 Å². The Labute approximate surface area is 81.7 Å². The van der Waals surface area contributed by atoms with Crippen molar-refractivity contribution in [2.45, 2.75) is 25.7 Å². The van der Waals surface area contributed by atoms with Crippen molar-refractivity contribution in [3.05, 3.63) is 35.4 Å². The summed E-state index contributed by atoms with van der Waals surface area (Å²) in [6.07, 6.45) is 0.312. The van der Waals surface area contributed by atoms with Crippen molar-refractivity contribution in [2.75, 3.05) is 0 Å². The number of hydrogen-bond acceptors (Lipinski definition) is 1. The number of carbonyl (C=O) groups is 1. The maximum Gasteiger partial charge on any atom is 0.263 e. The van der Waals surface area contributed by atoms with Crippen molar-refractivity contribution in [3.63, 3.8) is 0 Å². The zero-order valence-corrected chi connectivity index (χ0v) is 7.75. The molecule has 0 N–H and O–H groups in total. The molecule has 76 valence electrons. The number of rotatable bonds is 5. The molecule has 0 fully saturated rings. The molecular formula is C11H12F2O. The largest absolute Gasteiger partial charge is 0.303 e. The Bertz CT molecular complexity index is 297. The molecule has 1 aromatic rings. The molecule has 0 radical (unpaired) electrons. The molecule has 0 bridgehead atoms. The zero-order valence-electron chi connectivity index (χ0n) is 7.75. The van der Waals surface area contributed by atoms with E-state index in [0.717, 1.165) is 18.3 Å². The average Bonchev–Trinajstić information content (AvgIpc) is 2.19. The van der Waals surface area contributed by atoms with E-state index in [4.69, 9.17) is 0 Å². The lowest BCUT2D eigenvalue weighted by Gasteiger charge is -2.03. The second kappa shape index (κ2) is 5.47. The summed E-state index contributed by atoms with van der Waals surface area (Å²) < 4.78 is 24.6. The molecule has 3 heteroatoms. The maximum absolute atomic E-state index is 12.3. The van der Waals surface area contributed by atoms with Crippen LogP contribution in [0.3, 0.4) is 0 Å². The van der Waals surface area contributed by atoms with E-state index in [0.29, 0.717) is 12.8 Å². The van der Waals surface area contributed by atoms with Gasteiger partial charge in [0.15, 0.2) is 0 Å². The first-order valence-electron chi connectivity index (χ1n) is 4.54. The molecule has 0 saturated carbocycles. The van der Waals surface area contributed by atoms with Crippen LogP contribution in [0.15, 0.2) is 24.3 Å². The van der Waals surface area contributed by atoms with Crippen molar-refractivity contribution in [1.29, 1.82) is 0 Å². The Morgan fingerprint density at radius 2 is 2.14 bits per heavy atom. The van der Waals surface area contributed by atoms with Crippen LogP contribution in [0.2, 0.25) is 0 Å². The fourth-order valence-corrected chi connectivity index (χ4v) is 1.27. The number of unbranched alkanes of at least 4 members (excludes halogenated alkanes) is 1. The predicted octanol–water partition coefficient (Wildman–Crippen LogP) is 3.15. The molecule has 0 aliphatic carbocycles. The van der Waals surface area contributed by atoms with Gasteiger partial charge in [-0.2, -0.15) is 0 Å². The van der Waals surface area contributed by atoms with Crippen LogP contribution in [0.1, 0.15) is 30.4 Å². The summed E-state index contributed by atoms with van der Waals surface area (Å²) in [5.74, 6) is 0. The lowest BCUT2D eigenvalue weighted by molar-refractivity contribution is -0.107. The van der Waals surface area contributed by atoms with Gasteiger partial charge in [-0.05, 0) is 18.4 Å². The monoisotopic (exact) mass is 198 g/mol. The van der Waals surface area contributed by atoms with Crippen LogP contribution in [-0.4, -0.2) is 6.29 Å². The molecule has 0 aliphatic heterocycles. The molecule has 0 heterocycles. The van der Waals surface area contributed by atoms with Gasteiger partial charge in [-0.3, -0.25) is 0 Å². The molecule has 0 aliphatic rings. The van der Waals surface area contributed by atoms with E-state index >= 15 is 0 Å². The number of halogens is 2. The van der Waals surface area contributed by atoms with Crippen LogP contribution in [-0.2, 0) is 11.2 Å². The Morgan fingerprint density at radius 3 is 2.79 bits per heavy atom. The number of hydrogen-bond donors (Lipinski definition) is 0. The first kappa shape index (κ1) is 10.8. The topological polar surface area (TPSA) is 17.1 Å². The molecule has 0 atom stereocenters. The third-order valence-corrected chi connectivity index (χ3v) is 1.99. The second-order valence-electron chi connectivity index (χ2n) is 3.10. The molecule has 1 nitrogen and oxygen atoms in total. The standard InChI is InChI=1S/C11H12F2O/c12-11(13)10-6-3-5-9(8-10)4-1-2-7-14/h3,5-8,11H,1-2,4H2. The van der Waals surface area contributed by atoms with Crippen LogP contribution in [0.25, 0.3) is 0 Å². The van der Waals surface area contributed by atoms with Gasteiger partial charge < -0.3 is 4.79 Å². The molecule has 0 unspecified atom stereocenters. The van der Waals surface area contributed by atoms with Gasteiger partial charge in [0, 0.05) is 12.0 Å². The summed E-state index contributed by atoms with van der Waals surface area (Å²) in [7, 11) is 0. The average molecular weight is 198 g/mol. The fraction of sp³-hybridized carbons (Fsp3) is 0.364. The van der Waals surface area contributed by atoms with Gasteiger partial charge in [-0.1, -0.05) is 24.3 Å². The normalized spacial score (nSPS) is 10.5. The summed E-state index contributed by atoms with van der Waals surface area (Å²) >= 11 is 0. The Morgan fingerprint density at radius 1 is 1.36 bits per heavy atom. The SMILES string of the molecule is O=CCCCc1cccc(C(F)F)c1. The molecule has 0 saturated heterocycles. The van der Waals surface area contributed by atoms with Crippen LogP contribution in [0, 0.1) is 0 Å². The summed E-state index contributed by atoms with van der Waals surface area (Å²) in [4.78, 5) is 10.1. The molecule has 1 aromatic carbocycles. The molecule has 0 amide bonds. The third kappa shape index (κ3) is 3.24. The van der Waals surface area contributed by atoms with Gasteiger partial charge in [0.05, 0.1) is 0 Å². The third-order valence-electron chi connectivity index (χ3n) is 1.99. The lowest BCUT2D eigenvalue weighted by atomic mass is 10.1. The Hall–Kier alpha value is -1.25. The highest BCUT2D eigenvalue weighted by Gasteiger charge is 2.06. The first-order chi connectivity index (χ1) is 6.74. The summed E-state index contributed by atoms with van der Waals surface area (Å²) in [6, 6.07) is 6.33. The van der Waals surface area contributed by atoms with E-state index in [1.165, 1.54) is 12.1 Å². The van der Waals surface area contributed by atoms with Crippen LogP contribution in [0.5, 0.6) is 0 Å². The molecule has 0 aromatic heterocycles. The van der Waals surface area contributed by atoms with Gasteiger partial charge in [0.2, 0.25) is 0 Å². The summed E-state index contributed by atoms with van der Waals surface area (Å²) in [6.45, 7) is 0. The maximum atomic E-state index is 12.3. The highest BCUT2D eigenvalue weighted by Crippen LogP contribution is 2.19. The van der Waals surface area contributed by atoms with Gasteiger partial charge >= 0.3 is 0 Å². The van der Waals surface area contributed by atoms with Crippen LogP contribution in [0.4, 0.5) is 8.78 Å². The fourth-order valence-electron chi connectivity index (χ4n) is 1.27. The van der Waals surface area contributed by atoms with E-state index in [-0.39, 0.29) is 5.56 Å². The van der Waals surface area contributed by atoms with Crippen molar-refractivity contribution in [3.8, 4) is 0 Å². The van der Waals surface area contributed by atoms with E-state index in [1.807, 2.05) is 0 Å². The number of aldehydes is 1. The first-order valence-corrected chi connectivity index (χ1v) is 4.54. The molecule has 0 spiro atoms. The predicted molar refractivity (Wildman–Crippen MR) is 50.4 cm³/mol. The summed E-state index contributed by atoms with van der Waals surface area (Å²) in [5, 5.41) is 0. The van der Waals surface area contributed by atoms with E-state index in [1.54, 1.807) is 12.1 Å². The van der Waals surface area contributed by atoms with Gasteiger partial charge in [-0.25, -0.2) is 8.78 Å². The van der Waals surface area contributed by atoms with Crippen LogP contribution < -0.4 is 0 Å². The highest BCUT2D eigenvalue weighted by atomic mass is 19.3. The zero-order chi connectivity index (χ0) is 10.4. The quantitative estimate of drug-likeness (QED) is 0.524. The second-order valence-corrected chi connectivity index (χ2v) is 3.10. The minimum absolute atomic E-state index is 0.0496. The molecule has 1 rings (SSSR count). The van der Waals surface area contributed by atoms with Crippen molar-refractivity contribution >= 4 is 6.29 Å². The number of benzene rings is 1. The van der Waals surface area contributed by atoms with Gasteiger partial charge in [0.25, 0.3) is 6.43 Å². The number of aryl methyl sites for hydroxylation is 1. The van der Waals surface area contributed by atoms with Crippen molar-refractivity contribution in [1.82, 2.24) is 0 Å². The van der Waals surface area contributed by atoms with Gasteiger partial charge in [-0.15, -0.1) is 0 Å². The lowest BCUT2D eigenvalue weighted by Crippen LogP contribution is -1.90. The minimum Gasteiger partial charge on any atom is -0.303 e. The minimum atomic E-state index is -2.42. The van der Waals surface area contributed by atoms with E-state index in [9.17, 15) is 13.6 Å². The Kier molecular flexibility index (Phi) is 4.23. The van der Waals surface area contributed by atoms with E-state index in [2.05, 4.69) is 0 Å².